The third-order valence-electron chi connectivity index (χ3n) is 1.86. The van der Waals surface area contributed by atoms with Crippen LogP contribution in [0.5, 0.6) is 0 Å². The maximum atomic E-state index is 12.6. The fraction of sp³-hybridized carbons (Fsp3) is 0.273. The van der Waals surface area contributed by atoms with Crippen LogP contribution in [-0.2, 0) is 4.74 Å². The lowest BCUT2D eigenvalue weighted by atomic mass is 10.1. The highest BCUT2D eigenvalue weighted by molar-refractivity contribution is 6.01. The third kappa shape index (κ3) is 3.12. The Morgan fingerprint density at radius 3 is 2.62 bits per heavy atom. The Morgan fingerprint density at radius 1 is 1.50 bits per heavy atom. The van der Waals surface area contributed by atoms with E-state index in [2.05, 4.69) is 0 Å². The number of benzene rings is 1. The number of Topliss-reactive ketones (excluding diaryl/α,β-unsaturated/α-hetero) is 1. The molecule has 0 heterocycles. The van der Waals surface area contributed by atoms with E-state index in [0.717, 1.165) is 12.1 Å². The molecule has 0 bridgehead atoms. The van der Waals surface area contributed by atoms with E-state index in [9.17, 15) is 9.18 Å². The third-order valence-corrected chi connectivity index (χ3v) is 1.86. The van der Waals surface area contributed by atoms with Gasteiger partial charge in [-0.2, -0.15) is 5.26 Å². The van der Waals surface area contributed by atoms with Crippen molar-refractivity contribution >= 4 is 5.78 Å². The molecule has 1 unspecified atom stereocenters. The predicted octanol–water partition coefficient (Wildman–Crippen LogP) is 0.909. The standard InChI is InChI=1S/C11H10FNO3/c12-9-3-1-8(2-4-9)11(15)10(7-13)16-6-5-14/h1-4,10,14H,5-6H2. The van der Waals surface area contributed by atoms with Crippen molar-refractivity contribution in [3.05, 3.63) is 35.6 Å². The van der Waals surface area contributed by atoms with Crippen LogP contribution < -0.4 is 0 Å². The maximum absolute atomic E-state index is 12.6. The molecule has 5 heteroatoms. The SMILES string of the molecule is N#CC(OCCO)C(=O)c1ccc(F)cc1. The molecule has 0 aromatic heterocycles. The topological polar surface area (TPSA) is 70.3 Å². The van der Waals surface area contributed by atoms with E-state index in [1.54, 1.807) is 6.07 Å². The fourth-order valence-corrected chi connectivity index (χ4v) is 1.11. The summed E-state index contributed by atoms with van der Waals surface area (Å²) in [5.41, 5.74) is 0.200. The van der Waals surface area contributed by atoms with Crippen molar-refractivity contribution in [1.29, 1.82) is 5.26 Å². The summed E-state index contributed by atoms with van der Waals surface area (Å²) in [6.07, 6.45) is -1.27. The number of rotatable bonds is 5. The molecule has 0 aliphatic heterocycles. The molecule has 84 valence electrons. The molecule has 1 rings (SSSR count). The summed E-state index contributed by atoms with van der Waals surface area (Å²) in [6.45, 7) is -0.361. The number of hydrogen-bond donors (Lipinski definition) is 1. The van der Waals surface area contributed by atoms with Gasteiger partial charge in [-0.05, 0) is 24.3 Å². The quantitative estimate of drug-likeness (QED) is 0.753. The number of hydrogen-bond acceptors (Lipinski definition) is 4. The van der Waals surface area contributed by atoms with Gasteiger partial charge >= 0.3 is 0 Å². The Bertz CT molecular complexity index is 397. The van der Waals surface area contributed by atoms with Gasteiger partial charge in [-0.1, -0.05) is 0 Å². The number of ketones is 1. The first-order valence-corrected chi connectivity index (χ1v) is 4.61. The van der Waals surface area contributed by atoms with Crippen molar-refractivity contribution in [2.75, 3.05) is 13.2 Å². The number of aliphatic hydroxyl groups is 1. The minimum absolute atomic E-state index is 0.0921. The second-order valence-electron chi connectivity index (χ2n) is 2.97. The Labute approximate surface area is 91.9 Å². The highest BCUT2D eigenvalue weighted by atomic mass is 19.1. The highest BCUT2D eigenvalue weighted by Gasteiger charge is 2.19. The number of ether oxygens (including phenoxy) is 1. The number of carbonyl (C=O) groups excluding carboxylic acids is 1. The van der Waals surface area contributed by atoms with Gasteiger partial charge in [0, 0.05) is 5.56 Å². The molecule has 1 atom stereocenters. The number of nitriles is 1. The smallest absolute Gasteiger partial charge is 0.206 e. The van der Waals surface area contributed by atoms with Gasteiger partial charge in [-0.25, -0.2) is 4.39 Å². The molecule has 0 saturated heterocycles. The van der Waals surface area contributed by atoms with E-state index in [0.29, 0.717) is 0 Å². The summed E-state index contributed by atoms with van der Waals surface area (Å²) in [5.74, 6) is -1.00. The number of halogens is 1. The molecule has 0 aliphatic carbocycles. The molecule has 0 saturated carbocycles. The van der Waals surface area contributed by atoms with Crippen molar-refractivity contribution in [3.63, 3.8) is 0 Å². The zero-order chi connectivity index (χ0) is 12.0. The Balaban J connectivity index is 2.76. The second-order valence-corrected chi connectivity index (χ2v) is 2.97. The van der Waals surface area contributed by atoms with E-state index >= 15 is 0 Å². The molecular weight excluding hydrogens is 213 g/mol. The van der Waals surface area contributed by atoms with Crippen LogP contribution in [0.15, 0.2) is 24.3 Å². The zero-order valence-corrected chi connectivity index (χ0v) is 8.39. The fourth-order valence-electron chi connectivity index (χ4n) is 1.11. The largest absolute Gasteiger partial charge is 0.394 e. The van der Waals surface area contributed by atoms with Gasteiger partial charge < -0.3 is 9.84 Å². The Morgan fingerprint density at radius 2 is 2.12 bits per heavy atom. The minimum Gasteiger partial charge on any atom is -0.394 e. The molecule has 0 amide bonds. The molecule has 0 fully saturated rings. The van der Waals surface area contributed by atoms with Crippen LogP contribution in [0.2, 0.25) is 0 Å². The normalized spacial score (nSPS) is 11.8. The molecule has 1 aromatic carbocycles. The van der Waals surface area contributed by atoms with Crippen molar-refractivity contribution in [2.24, 2.45) is 0 Å². The number of carbonyl (C=O) groups is 1. The number of aliphatic hydroxyl groups excluding tert-OH is 1. The molecule has 0 aliphatic rings. The lowest BCUT2D eigenvalue weighted by Gasteiger charge is -2.08. The summed E-state index contributed by atoms with van der Waals surface area (Å²) in [7, 11) is 0. The summed E-state index contributed by atoms with van der Waals surface area (Å²) >= 11 is 0. The van der Waals surface area contributed by atoms with Crippen molar-refractivity contribution < 1.29 is 19.0 Å². The molecule has 1 N–H and O–H groups in total. The van der Waals surface area contributed by atoms with Gasteiger partial charge in [0.25, 0.3) is 0 Å². The van der Waals surface area contributed by atoms with Crippen molar-refractivity contribution in [3.8, 4) is 6.07 Å². The van der Waals surface area contributed by atoms with E-state index in [-0.39, 0.29) is 18.8 Å². The van der Waals surface area contributed by atoms with Crippen LogP contribution in [0.25, 0.3) is 0 Å². The first kappa shape index (κ1) is 12.3. The molecule has 0 spiro atoms. The van der Waals surface area contributed by atoms with E-state index in [4.69, 9.17) is 15.1 Å². The highest BCUT2D eigenvalue weighted by Crippen LogP contribution is 2.07. The van der Waals surface area contributed by atoms with Crippen LogP contribution in [0.4, 0.5) is 4.39 Å². The van der Waals surface area contributed by atoms with E-state index < -0.39 is 17.7 Å². The van der Waals surface area contributed by atoms with Gasteiger partial charge in [-0.3, -0.25) is 4.79 Å². The molecule has 0 radical (unpaired) electrons. The average Bonchev–Trinajstić information content (AvgIpc) is 2.30. The van der Waals surface area contributed by atoms with Crippen LogP contribution >= 0.6 is 0 Å². The molecule has 1 aromatic rings. The number of nitrogens with zero attached hydrogens (tertiary/aromatic N) is 1. The first-order valence-electron chi connectivity index (χ1n) is 4.61. The van der Waals surface area contributed by atoms with Gasteiger partial charge in [-0.15, -0.1) is 0 Å². The van der Waals surface area contributed by atoms with E-state index in [1.807, 2.05) is 0 Å². The van der Waals surface area contributed by atoms with Crippen molar-refractivity contribution in [2.45, 2.75) is 6.10 Å². The first-order chi connectivity index (χ1) is 7.69. The summed E-state index contributed by atoms with van der Waals surface area (Å²) in [6, 6.07) is 6.50. The van der Waals surface area contributed by atoms with E-state index in [1.165, 1.54) is 12.1 Å². The lowest BCUT2D eigenvalue weighted by Crippen LogP contribution is -2.24. The monoisotopic (exact) mass is 223 g/mol. The minimum atomic E-state index is -1.27. The summed E-state index contributed by atoms with van der Waals surface area (Å²) in [5, 5.41) is 17.2. The average molecular weight is 223 g/mol. The lowest BCUT2D eigenvalue weighted by molar-refractivity contribution is 0.0462. The van der Waals surface area contributed by atoms with Gasteiger partial charge in [0.2, 0.25) is 11.9 Å². The second kappa shape index (κ2) is 5.95. The summed E-state index contributed by atoms with van der Waals surface area (Å²) in [4.78, 5) is 11.6. The van der Waals surface area contributed by atoms with Crippen molar-refractivity contribution in [1.82, 2.24) is 0 Å². The van der Waals surface area contributed by atoms with Crippen LogP contribution in [0.3, 0.4) is 0 Å². The van der Waals surface area contributed by atoms with Crippen LogP contribution in [0, 0.1) is 17.1 Å². The molecular formula is C11H10FNO3. The maximum Gasteiger partial charge on any atom is 0.206 e. The molecule has 16 heavy (non-hydrogen) atoms. The summed E-state index contributed by atoms with van der Waals surface area (Å²) < 4.78 is 17.4. The Kier molecular flexibility index (Phi) is 4.58. The van der Waals surface area contributed by atoms with Gasteiger partial charge in [0.05, 0.1) is 13.2 Å². The predicted molar refractivity (Wildman–Crippen MR) is 53.2 cm³/mol. The zero-order valence-electron chi connectivity index (χ0n) is 8.39. The van der Waals surface area contributed by atoms with Gasteiger partial charge in [0.15, 0.2) is 0 Å². The van der Waals surface area contributed by atoms with Crippen LogP contribution in [0.1, 0.15) is 10.4 Å². The van der Waals surface area contributed by atoms with Gasteiger partial charge in [0.1, 0.15) is 11.9 Å². The molecule has 4 nitrogen and oxygen atoms in total. The Hall–Kier alpha value is -1.77. The van der Waals surface area contributed by atoms with Crippen LogP contribution in [-0.4, -0.2) is 30.2 Å².